The summed E-state index contributed by atoms with van der Waals surface area (Å²) in [6.45, 7) is 7.35. The summed E-state index contributed by atoms with van der Waals surface area (Å²) < 4.78 is 15.6. The zero-order valence-corrected chi connectivity index (χ0v) is 16.1. The number of carbonyl (C=O) groups excluding carboxylic acids is 1. The van der Waals surface area contributed by atoms with Gasteiger partial charge in [0, 0.05) is 11.4 Å². The van der Waals surface area contributed by atoms with Gasteiger partial charge in [-0.3, -0.25) is 9.59 Å². The van der Waals surface area contributed by atoms with Crippen molar-refractivity contribution in [2.75, 3.05) is 39.3 Å². The van der Waals surface area contributed by atoms with Crippen LogP contribution in [0.15, 0.2) is 16.9 Å². The predicted octanol–water partition coefficient (Wildman–Crippen LogP) is -1.45. The van der Waals surface area contributed by atoms with Crippen LogP contribution in [0, 0.1) is 5.82 Å². The number of pyridine rings is 1. The predicted molar refractivity (Wildman–Crippen MR) is 102 cm³/mol. The summed E-state index contributed by atoms with van der Waals surface area (Å²) >= 11 is 0. The Balaban J connectivity index is 1.67. The number of nitrogens with two attached hydrogens (primary N) is 1. The number of hydrogen-bond donors (Lipinski definition) is 4. The quantitative estimate of drug-likeness (QED) is 0.515. The molecule has 28 heavy (non-hydrogen) atoms. The first-order valence-electron chi connectivity index (χ1n) is 10.0. The first kappa shape index (κ1) is 18.9. The van der Waals surface area contributed by atoms with Gasteiger partial charge in [0.15, 0.2) is 0 Å². The molecule has 150 valence electrons. The molecule has 5 N–H and O–H groups in total. The van der Waals surface area contributed by atoms with Crippen molar-refractivity contribution in [1.82, 2.24) is 9.88 Å². The number of amides is 1. The Bertz CT molecular complexity index is 982. The normalized spacial score (nSPS) is 19.7. The van der Waals surface area contributed by atoms with E-state index in [1.807, 2.05) is 6.92 Å². The van der Waals surface area contributed by atoms with E-state index in [4.69, 9.17) is 0 Å². The number of rotatable bonds is 4. The number of piperazine rings is 1. The van der Waals surface area contributed by atoms with E-state index >= 15 is 0 Å². The fraction of sp³-hybridized carbons (Fsp3) is 0.500. The first-order valence-corrected chi connectivity index (χ1v) is 10.0. The molecule has 1 aromatic carbocycles. The summed E-state index contributed by atoms with van der Waals surface area (Å²) in [4.78, 5) is 27.2. The lowest BCUT2D eigenvalue weighted by atomic mass is 9.95. The van der Waals surface area contributed by atoms with Crippen LogP contribution in [-0.4, -0.2) is 54.8 Å². The molecule has 7 nitrogen and oxygen atoms in total. The highest BCUT2D eigenvalue weighted by atomic mass is 19.1. The van der Waals surface area contributed by atoms with Gasteiger partial charge in [-0.1, -0.05) is 0 Å². The molecule has 0 aliphatic carbocycles. The molecule has 0 saturated carbocycles. The van der Waals surface area contributed by atoms with E-state index in [-0.39, 0.29) is 17.0 Å². The third-order valence-electron chi connectivity index (χ3n) is 5.99. The lowest BCUT2D eigenvalue weighted by Crippen LogP contribution is -3.20. The number of aromatic nitrogens is 1. The van der Waals surface area contributed by atoms with Gasteiger partial charge in [-0.25, -0.2) is 4.39 Å². The van der Waals surface area contributed by atoms with Crippen molar-refractivity contribution in [2.24, 2.45) is 0 Å². The molecular weight excluding hydrogens is 363 g/mol. The summed E-state index contributed by atoms with van der Waals surface area (Å²) in [6, 6.07) is 2.49. The molecule has 0 spiro atoms. The van der Waals surface area contributed by atoms with E-state index in [1.54, 1.807) is 0 Å². The number of benzene rings is 1. The molecule has 2 aromatic rings. The van der Waals surface area contributed by atoms with E-state index in [0.717, 1.165) is 32.7 Å². The van der Waals surface area contributed by atoms with Crippen molar-refractivity contribution in [1.29, 1.82) is 0 Å². The number of carbonyl (C=O) groups is 1. The van der Waals surface area contributed by atoms with E-state index in [1.165, 1.54) is 21.6 Å². The van der Waals surface area contributed by atoms with Crippen molar-refractivity contribution in [2.45, 2.75) is 25.8 Å². The van der Waals surface area contributed by atoms with Crippen molar-refractivity contribution in [3.05, 3.63) is 39.4 Å². The van der Waals surface area contributed by atoms with E-state index < -0.39 is 23.0 Å². The molecule has 1 atom stereocenters. The zero-order valence-electron chi connectivity index (χ0n) is 16.1. The largest absolute Gasteiger partial charge is 0.506 e. The summed E-state index contributed by atoms with van der Waals surface area (Å²) in [5.41, 5.74) is 0.424. The minimum Gasteiger partial charge on any atom is -0.506 e. The molecule has 3 heterocycles. The van der Waals surface area contributed by atoms with Crippen LogP contribution in [0.4, 0.5) is 4.39 Å². The molecule has 8 heteroatoms. The highest BCUT2D eigenvalue weighted by molar-refractivity contribution is 6.03. The topological polar surface area (TPSA) is 92.4 Å². The number of nitrogens with one attached hydrogen (secondary N) is 2. The Hall–Kier alpha value is -2.45. The second-order valence-corrected chi connectivity index (χ2v) is 7.87. The van der Waals surface area contributed by atoms with Crippen molar-refractivity contribution in [3.8, 4) is 5.75 Å². The van der Waals surface area contributed by atoms with Crippen LogP contribution in [-0.2, 0) is 6.42 Å². The van der Waals surface area contributed by atoms with Crippen LogP contribution in [0.1, 0.15) is 35.3 Å². The molecule has 1 saturated heterocycles. The van der Waals surface area contributed by atoms with Gasteiger partial charge in [-0.05, 0) is 37.5 Å². The van der Waals surface area contributed by atoms with Gasteiger partial charge in [-0.2, -0.15) is 0 Å². The number of hydrogen-bond acceptors (Lipinski definition) is 3. The molecule has 0 bridgehead atoms. The van der Waals surface area contributed by atoms with Crippen molar-refractivity contribution >= 4 is 16.8 Å². The van der Waals surface area contributed by atoms with Crippen molar-refractivity contribution in [3.63, 3.8) is 0 Å². The molecule has 0 radical (unpaired) electrons. The van der Waals surface area contributed by atoms with E-state index in [0.29, 0.717) is 30.5 Å². The number of nitrogens with zero attached hydrogens (tertiary/aromatic N) is 1. The summed E-state index contributed by atoms with van der Waals surface area (Å²) in [7, 11) is 0. The maximum Gasteiger partial charge on any atom is 0.267 e. The minimum atomic E-state index is -0.597. The minimum absolute atomic E-state index is 0.117. The number of quaternary nitrogens is 2. The van der Waals surface area contributed by atoms with Crippen molar-refractivity contribution < 1.29 is 24.5 Å². The fourth-order valence-electron chi connectivity index (χ4n) is 4.46. The van der Waals surface area contributed by atoms with Gasteiger partial charge in [0.05, 0.1) is 18.6 Å². The third kappa shape index (κ3) is 3.27. The molecule has 1 amide bonds. The number of aromatic hydroxyl groups is 1. The average molecular weight is 390 g/mol. The number of aryl methyl sites for hydroxylation is 1. The Morgan fingerprint density at radius 1 is 1.39 bits per heavy atom. The van der Waals surface area contributed by atoms with Crippen LogP contribution in [0.2, 0.25) is 0 Å². The van der Waals surface area contributed by atoms with Crippen LogP contribution < -0.4 is 21.1 Å². The maximum absolute atomic E-state index is 14.1. The van der Waals surface area contributed by atoms with Crippen LogP contribution in [0.3, 0.4) is 0 Å². The Kier molecular flexibility index (Phi) is 5.07. The van der Waals surface area contributed by atoms with E-state index in [9.17, 15) is 19.1 Å². The van der Waals surface area contributed by atoms with Gasteiger partial charge in [0.25, 0.3) is 11.5 Å². The molecule has 2 aliphatic rings. The monoisotopic (exact) mass is 390 g/mol. The SMILES string of the molecule is CC1CCc2cc(F)cc3c(O)c(C(=O)NCC[NH+]4CC[NH2+]CC4)c(=O)n1c23. The maximum atomic E-state index is 14.1. The highest BCUT2D eigenvalue weighted by Crippen LogP contribution is 2.35. The van der Waals surface area contributed by atoms with Gasteiger partial charge in [-0.15, -0.1) is 0 Å². The summed E-state index contributed by atoms with van der Waals surface area (Å²) in [5.74, 6) is -1.50. The summed E-state index contributed by atoms with van der Waals surface area (Å²) in [5, 5.41) is 15.9. The second kappa shape index (κ2) is 7.52. The fourth-order valence-corrected chi connectivity index (χ4v) is 4.46. The summed E-state index contributed by atoms with van der Waals surface area (Å²) in [6.07, 6.45) is 1.32. The Morgan fingerprint density at radius 2 is 2.14 bits per heavy atom. The van der Waals surface area contributed by atoms with Gasteiger partial charge in [0.1, 0.15) is 43.3 Å². The smallest absolute Gasteiger partial charge is 0.267 e. The lowest BCUT2D eigenvalue weighted by Gasteiger charge is -2.26. The average Bonchev–Trinajstić information content (AvgIpc) is 2.67. The highest BCUT2D eigenvalue weighted by Gasteiger charge is 2.28. The Morgan fingerprint density at radius 3 is 2.89 bits per heavy atom. The van der Waals surface area contributed by atoms with Crippen LogP contribution >= 0.6 is 0 Å². The zero-order chi connectivity index (χ0) is 19.8. The molecule has 1 unspecified atom stereocenters. The molecular formula is C20H27FN4O3+2. The van der Waals surface area contributed by atoms with Gasteiger partial charge < -0.3 is 25.2 Å². The standard InChI is InChI=1S/C20H25FN4O3/c1-12-2-3-13-10-14(21)11-15-17(13)25(12)20(28)16(18(15)26)19(27)23-6-9-24-7-4-22-5-8-24/h10-12,22,26H,2-9H2,1H3,(H,23,27)/p+2. The van der Waals surface area contributed by atoms with Gasteiger partial charge in [0.2, 0.25) is 0 Å². The van der Waals surface area contributed by atoms with E-state index in [2.05, 4.69) is 10.6 Å². The molecule has 1 aromatic heterocycles. The van der Waals surface area contributed by atoms with Gasteiger partial charge >= 0.3 is 0 Å². The molecule has 2 aliphatic heterocycles. The third-order valence-corrected chi connectivity index (χ3v) is 5.99. The molecule has 1 fully saturated rings. The Labute approximate surface area is 162 Å². The molecule has 4 rings (SSSR count). The van der Waals surface area contributed by atoms with Crippen LogP contribution in [0.5, 0.6) is 5.75 Å². The van der Waals surface area contributed by atoms with Crippen LogP contribution in [0.25, 0.3) is 10.9 Å². The second-order valence-electron chi connectivity index (χ2n) is 7.87. The number of halogens is 1. The first-order chi connectivity index (χ1) is 13.5. The lowest BCUT2D eigenvalue weighted by molar-refractivity contribution is -0.945.